The number of hydrogen-bond acceptors (Lipinski definition) is 3. The fourth-order valence-corrected chi connectivity index (χ4v) is 1.78. The van der Waals surface area contributed by atoms with Gasteiger partial charge in [-0.15, -0.1) is 0 Å². The number of hydrogen-bond donors (Lipinski definition) is 1. The van der Waals surface area contributed by atoms with Gasteiger partial charge in [-0.25, -0.2) is 0 Å². The van der Waals surface area contributed by atoms with Gasteiger partial charge in [-0.05, 0) is 19.5 Å². The molecule has 0 aliphatic heterocycles. The number of benzene rings is 1. The molecule has 0 aliphatic carbocycles. The van der Waals surface area contributed by atoms with Gasteiger partial charge in [-0.2, -0.15) is 0 Å². The molecule has 1 aromatic rings. The molecular formula is C14H24N2O. The average Bonchev–Trinajstić information content (AvgIpc) is 2.30. The standard InChI is InChI=1S/C14H24N2O/c1-13(12-17-3)15-9-10-16(2)11-14-7-5-4-6-8-14/h4-8,13,15H,9-12H2,1-3H3. The molecule has 0 spiro atoms. The summed E-state index contributed by atoms with van der Waals surface area (Å²) in [6, 6.07) is 11.0. The molecule has 3 nitrogen and oxygen atoms in total. The van der Waals surface area contributed by atoms with Crippen LogP contribution >= 0.6 is 0 Å². The van der Waals surface area contributed by atoms with Gasteiger partial charge < -0.3 is 15.0 Å². The minimum atomic E-state index is 0.421. The van der Waals surface area contributed by atoms with Crippen LogP contribution in [0.4, 0.5) is 0 Å². The molecule has 96 valence electrons. The highest BCUT2D eigenvalue weighted by Gasteiger charge is 2.02. The molecule has 1 unspecified atom stereocenters. The third-order valence-electron chi connectivity index (χ3n) is 2.70. The lowest BCUT2D eigenvalue weighted by molar-refractivity contribution is 0.170. The zero-order valence-electron chi connectivity index (χ0n) is 11.1. The summed E-state index contributed by atoms with van der Waals surface area (Å²) in [6.07, 6.45) is 0. The fourth-order valence-electron chi connectivity index (χ4n) is 1.78. The Kier molecular flexibility index (Phi) is 6.86. The van der Waals surface area contributed by atoms with Crippen molar-refractivity contribution >= 4 is 0 Å². The smallest absolute Gasteiger partial charge is 0.0613 e. The van der Waals surface area contributed by atoms with Crippen molar-refractivity contribution < 1.29 is 4.74 Å². The van der Waals surface area contributed by atoms with Crippen LogP contribution in [0.5, 0.6) is 0 Å². The molecule has 0 heterocycles. The van der Waals surface area contributed by atoms with Crippen molar-refractivity contribution in [2.24, 2.45) is 0 Å². The zero-order chi connectivity index (χ0) is 12.5. The van der Waals surface area contributed by atoms with Crippen molar-refractivity contribution in [3.63, 3.8) is 0 Å². The molecule has 0 saturated heterocycles. The van der Waals surface area contributed by atoms with E-state index in [-0.39, 0.29) is 0 Å². The molecular weight excluding hydrogens is 212 g/mol. The predicted octanol–water partition coefficient (Wildman–Crippen LogP) is 1.74. The maximum absolute atomic E-state index is 5.08. The summed E-state index contributed by atoms with van der Waals surface area (Å²) in [5.74, 6) is 0. The van der Waals surface area contributed by atoms with Gasteiger partial charge >= 0.3 is 0 Å². The molecule has 0 saturated carbocycles. The van der Waals surface area contributed by atoms with Gasteiger partial charge in [-0.1, -0.05) is 30.3 Å². The van der Waals surface area contributed by atoms with E-state index >= 15 is 0 Å². The molecule has 1 rings (SSSR count). The third kappa shape index (κ3) is 6.41. The molecule has 0 aliphatic rings. The number of likely N-dealkylation sites (N-methyl/N-ethyl adjacent to an activating group) is 1. The van der Waals surface area contributed by atoms with E-state index in [0.29, 0.717) is 6.04 Å². The van der Waals surface area contributed by atoms with E-state index in [0.717, 1.165) is 26.2 Å². The summed E-state index contributed by atoms with van der Waals surface area (Å²) < 4.78 is 5.08. The van der Waals surface area contributed by atoms with Crippen LogP contribution in [0, 0.1) is 0 Å². The van der Waals surface area contributed by atoms with Gasteiger partial charge in [0.15, 0.2) is 0 Å². The topological polar surface area (TPSA) is 24.5 Å². The van der Waals surface area contributed by atoms with Crippen molar-refractivity contribution in [3.8, 4) is 0 Å². The molecule has 17 heavy (non-hydrogen) atoms. The van der Waals surface area contributed by atoms with Crippen molar-refractivity contribution in [2.75, 3.05) is 33.9 Å². The highest BCUT2D eigenvalue weighted by atomic mass is 16.5. The van der Waals surface area contributed by atoms with Gasteiger partial charge in [0.1, 0.15) is 0 Å². The molecule has 0 aromatic heterocycles. The summed E-state index contributed by atoms with van der Waals surface area (Å²) in [6.45, 7) is 5.95. The minimum Gasteiger partial charge on any atom is -0.383 e. The van der Waals surface area contributed by atoms with Crippen LogP contribution in [0.15, 0.2) is 30.3 Å². The summed E-state index contributed by atoms with van der Waals surface area (Å²) >= 11 is 0. The van der Waals surface area contributed by atoms with Crippen LogP contribution in [0.3, 0.4) is 0 Å². The van der Waals surface area contributed by atoms with Crippen LogP contribution in [0.1, 0.15) is 12.5 Å². The monoisotopic (exact) mass is 236 g/mol. The predicted molar refractivity (Wildman–Crippen MR) is 72.1 cm³/mol. The van der Waals surface area contributed by atoms with Gasteiger partial charge in [0.05, 0.1) is 6.61 Å². The van der Waals surface area contributed by atoms with Crippen LogP contribution in [-0.4, -0.2) is 44.8 Å². The first-order valence-corrected chi connectivity index (χ1v) is 6.17. The Morgan fingerprint density at radius 3 is 2.65 bits per heavy atom. The Morgan fingerprint density at radius 2 is 2.00 bits per heavy atom. The maximum Gasteiger partial charge on any atom is 0.0613 e. The Morgan fingerprint density at radius 1 is 1.29 bits per heavy atom. The van der Waals surface area contributed by atoms with Crippen LogP contribution in [-0.2, 0) is 11.3 Å². The SMILES string of the molecule is COCC(C)NCCN(C)Cc1ccccc1. The largest absolute Gasteiger partial charge is 0.383 e. The molecule has 0 amide bonds. The third-order valence-corrected chi connectivity index (χ3v) is 2.70. The summed E-state index contributed by atoms with van der Waals surface area (Å²) in [5, 5.41) is 3.43. The summed E-state index contributed by atoms with van der Waals surface area (Å²) in [4.78, 5) is 2.32. The molecule has 3 heteroatoms. The Labute approximate surface area is 105 Å². The first kappa shape index (κ1) is 14.2. The van der Waals surface area contributed by atoms with E-state index in [9.17, 15) is 0 Å². The van der Waals surface area contributed by atoms with Gasteiger partial charge in [-0.3, -0.25) is 0 Å². The molecule has 1 atom stereocenters. The maximum atomic E-state index is 5.08. The molecule has 0 radical (unpaired) electrons. The van der Waals surface area contributed by atoms with E-state index in [4.69, 9.17) is 4.74 Å². The number of nitrogens with zero attached hydrogens (tertiary/aromatic N) is 1. The first-order chi connectivity index (χ1) is 8.22. The van der Waals surface area contributed by atoms with Crippen molar-refractivity contribution in [2.45, 2.75) is 19.5 Å². The highest BCUT2D eigenvalue weighted by molar-refractivity contribution is 5.14. The summed E-state index contributed by atoms with van der Waals surface area (Å²) in [7, 11) is 3.88. The average molecular weight is 236 g/mol. The van der Waals surface area contributed by atoms with Gasteiger partial charge in [0, 0.05) is 32.8 Å². The molecule has 0 bridgehead atoms. The second kappa shape index (κ2) is 8.23. The van der Waals surface area contributed by atoms with Crippen LogP contribution in [0.25, 0.3) is 0 Å². The zero-order valence-corrected chi connectivity index (χ0v) is 11.1. The van der Waals surface area contributed by atoms with Crippen LogP contribution in [0.2, 0.25) is 0 Å². The number of methoxy groups -OCH3 is 1. The second-order valence-electron chi connectivity index (χ2n) is 4.53. The van der Waals surface area contributed by atoms with Crippen molar-refractivity contribution in [3.05, 3.63) is 35.9 Å². The minimum absolute atomic E-state index is 0.421. The second-order valence-corrected chi connectivity index (χ2v) is 4.53. The van der Waals surface area contributed by atoms with Gasteiger partial charge in [0.2, 0.25) is 0 Å². The lowest BCUT2D eigenvalue weighted by atomic mass is 10.2. The van der Waals surface area contributed by atoms with Crippen molar-refractivity contribution in [1.82, 2.24) is 10.2 Å². The Bertz CT molecular complexity index is 290. The number of rotatable bonds is 8. The summed E-state index contributed by atoms with van der Waals surface area (Å²) in [5.41, 5.74) is 1.36. The van der Waals surface area contributed by atoms with Gasteiger partial charge in [0.25, 0.3) is 0 Å². The fraction of sp³-hybridized carbons (Fsp3) is 0.571. The molecule has 0 fully saturated rings. The highest BCUT2D eigenvalue weighted by Crippen LogP contribution is 2.01. The van der Waals surface area contributed by atoms with Crippen molar-refractivity contribution in [1.29, 1.82) is 0 Å². The van der Waals surface area contributed by atoms with E-state index < -0.39 is 0 Å². The molecule has 1 N–H and O–H groups in total. The lowest BCUT2D eigenvalue weighted by Gasteiger charge is -2.19. The van der Waals surface area contributed by atoms with E-state index in [1.54, 1.807) is 7.11 Å². The molecule has 1 aromatic carbocycles. The Hall–Kier alpha value is -0.900. The normalized spacial score (nSPS) is 12.9. The van der Waals surface area contributed by atoms with E-state index in [1.807, 2.05) is 0 Å². The Balaban J connectivity index is 2.15. The van der Waals surface area contributed by atoms with E-state index in [1.165, 1.54) is 5.56 Å². The quantitative estimate of drug-likeness (QED) is 0.744. The lowest BCUT2D eigenvalue weighted by Crippen LogP contribution is -2.36. The van der Waals surface area contributed by atoms with E-state index in [2.05, 4.69) is 54.5 Å². The number of ether oxygens (including phenoxy) is 1. The number of nitrogens with one attached hydrogen (secondary N) is 1. The van der Waals surface area contributed by atoms with Crippen LogP contribution < -0.4 is 5.32 Å². The first-order valence-electron chi connectivity index (χ1n) is 6.17.